The van der Waals surface area contributed by atoms with E-state index in [4.69, 9.17) is 0 Å². The van der Waals surface area contributed by atoms with Crippen molar-refractivity contribution in [3.8, 4) is 28.3 Å². The molecule has 8 aromatic carbocycles. The molecule has 4 heterocycles. The van der Waals surface area contributed by atoms with E-state index < -0.39 is 10.8 Å². The quantitative estimate of drug-likeness (QED) is 0.172. The van der Waals surface area contributed by atoms with Gasteiger partial charge in [0.2, 0.25) is 0 Å². The molecule has 398 valence electrons. The first kappa shape index (κ1) is 49.6. The van der Waals surface area contributed by atoms with Crippen LogP contribution in [-0.2, 0) is 16.2 Å². The van der Waals surface area contributed by atoms with E-state index in [1.807, 2.05) is 0 Å². The minimum absolute atomic E-state index is 0.0605. The third-order valence-corrected chi connectivity index (χ3v) is 21.3. The van der Waals surface area contributed by atoms with Gasteiger partial charge in [-0.1, -0.05) is 137 Å². The zero-order chi connectivity index (χ0) is 55.9. The van der Waals surface area contributed by atoms with Crippen LogP contribution in [0.1, 0.15) is 204 Å². The number of Topliss-reactive ketones (excluding diaryl/α,β-unsaturated/α-hetero) is 1. The molecule has 0 N–H and O–H groups in total. The van der Waals surface area contributed by atoms with Crippen LogP contribution in [0.3, 0.4) is 0 Å². The van der Waals surface area contributed by atoms with Crippen molar-refractivity contribution < 1.29 is 4.79 Å². The number of ketones is 1. The van der Waals surface area contributed by atoms with Gasteiger partial charge in [-0.2, -0.15) is 5.26 Å². The molecular weight excluding hydrogens is 971 g/mol. The maximum absolute atomic E-state index is 15.1. The molecule has 4 aromatic heterocycles. The summed E-state index contributed by atoms with van der Waals surface area (Å²) in [6.07, 6.45) is 3.92. The summed E-state index contributed by atoms with van der Waals surface area (Å²) >= 11 is 0. The van der Waals surface area contributed by atoms with Crippen molar-refractivity contribution >= 4 is 82.0 Å². The largest absolute Gasteiger partial charge is 0.308 e. The molecule has 4 aliphatic rings. The first-order valence-corrected chi connectivity index (χ1v) is 29.8. The van der Waals surface area contributed by atoms with E-state index in [9.17, 15) is 5.26 Å². The molecule has 4 aliphatic carbocycles. The Labute approximate surface area is 471 Å². The van der Waals surface area contributed by atoms with Crippen LogP contribution in [0, 0.1) is 37.5 Å². The second-order valence-electron chi connectivity index (χ2n) is 28.1. The first-order valence-electron chi connectivity index (χ1n) is 29.8. The Hall–Kier alpha value is -7.48. The van der Waals surface area contributed by atoms with Gasteiger partial charge < -0.3 is 8.80 Å². The summed E-state index contributed by atoms with van der Waals surface area (Å²) in [5, 5.41) is 21.3. The maximum atomic E-state index is 15.1. The molecule has 2 bridgehead atoms. The summed E-state index contributed by atoms with van der Waals surface area (Å²) in [4.78, 5) is 15.1. The van der Waals surface area contributed by atoms with E-state index in [1.54, 1.807) is 0 Å². The third-order valence-electron chi connectivity index (χ3n) is 21.3. The van der Waals surface area contributed by atoms with Crippen molar-refractivity contribution in [3.05, 3.63) is 175 Å². The zero-order valence-corrected chi connectivity index (χ0v) is 49.6. The van der Waals surface area contributed by atoms with E-state index in [0.717, 1.165) is 64.4 Å². The van der Waals surface area contributed by atoms with E-state index >= 15 is 4.79 Å². The Morgan fingerprint density at radius 2 is 0.963 bits per heavy atom. The predicted octanol–water partition coefficient (Wildman–Crippen LogP) is 20.5. The van der Waals surface area contributed by atoms with Gasteiger partial charge in [-0.25, -0.2) is 0 Å². The zero-order valence-electron chi connectivity index (χ0n) is 49.6. The number of hydrogen-bond donors (Lipinski definition) is 0. The molecule has 0 radical (unpaired) electrons. The lowest BCUT2D eigenvalue weighted by Crippen LogP contribution is -2.37. The van der Waals surface area contributed by atoms with E-state index in [0.29, 0.717) is 23.5 Å². The van der Waals surface area contributed by atoms with Crippen molar-refractivity contribution in [2.45, 2.75) is 164 Å². The highest BCUT2D eigenvalue weighted by Crippen LogP contribution is 2.58. The fourth-order valence-electron chi connectivity index (χ4n) is 17.1. The fraction of sp³-hybridized carbons (Fsp3) is 0.342. The van der Waals surface area contributed by atoms with Gasteiger partial charge in [0.05, 0.1) is 44.7 Å². The number of carbonyl (C=O) groups is 1. The molecule has 0 unspecified atom stereocenters. The molecule has 0 atom stereocenters. The molecule has 80 heavy (non-hydrogen) atoms. The lowest BCUT2D eigenvalue weighted by atomic mass is 9.58. The Kier molecular flexibility index (Phi) is 9.85. The molecule has 0 amide bonds. The molecular formula is C76H73N3O. The minimum Gasteiger partial charge on any atom is -0.308 e. The van der Waals surface area contributed by atoms with E-state index in [2.05, 4.69) is 222 Å². The smallest absolute Gasteiger partial charge is 0.169 e. The molecule has 4 heteroatoms. The molecule has 12 aromatic rings. The van der Waals surface area contributed by atoms with Crippen molar-refractivity contribution in [1.29, 1.82) is 5.26 Å². The van der Waals surface area contributed by atoms with Crippen LogP contribution >= 0.6 is 0 Å². The highest BCUT2D eigenvalue weighted by atomic mass is 16.1. The van der Waals surface area contributed by atoms with Crippen molar-refractivity contribution in [2.24, 2.45) is 5.41 Å². The van der Waals surface area contributed by atoms with Crippen LogP contribution in [0.15, 0.2) is 103 Å². The van der Waals surface area contributed by atoms with Gasteiger partial charge in [0.1, 0.15) is 0 Å². The summed E-state index contributed by atoms with van der Waals surface area (Å²) in [6, 6.07) is 43.5. The fourth-order valence-corrected chi connectivity index (χ4v) is 17.1. The second-order valence-corrected chi connectivity index (χ2v) is 28.1. The number of aryl methyl sites for hydroxylation is 3. The molecule has 16 rings (SSSR count). The number of aromatic nitrogens is 2. The third kappa shape index (κ3) is 6.14. The predicted molar refractivity (Wildman–Crippen MR) is 337 cm³/mol. The Bertz CT molecular complexity index is 4780. The van der Waals surface area contributed by atoms with Gasteiger partial charge in [-0.15, -0.1) is 0 Å². The van der Waals surface area contributed by atoms with Crippen LogP contribution in [-0.4, -0.2) is 14.6 Å². The number of hydrogen-bond acceptors (Lipinski definition) is 2. The average Bonchev–Trinajstić information content (AvgIpc) is 4.28. The van der Waals surface area contributed by atoms with Crippen LogP contribution in [0.2, 0.25) is 0 Å². The lowest BCUT2D eigenvalue weighted by Gasteiger charge is -2.44. The minimum atomic E-state index is -0.410. The maximum Gasteiger partial charge on any atom is 0.169 e. The normalized spacial score (nSPS) is 19.6. The topological polar surface area (TPSA) is 49.7 Å². The SMILES string of the molecule is Cc1cc(C)c(-c2cc3c4cc5c(cc4n4c6cc(C#N)c7c(c6c(c2)c34)C(C)(C)c2ccccc2C7(C)C)c2cc(-c3c(C(C)C)cc(C(C)C)cc3C(C)C)cc3c4cc6c(cc4n5c32)C(=O)C2(C)CCC6(C)CC2)c(C)c1. The van der Waals surface area contributed by atoms with E-state index in [-0.39, 0.29) is 10.8 Å². The summed E-state index contributed by atoms with van der Waals surface area (Å²) in [6.45, 7) is 34.9. The molecule has 1 fully saturated rings. The standard InChI is InChI=1S/C76H73N3O/c1-38(2)44-26-48(39(3)4)66(49(27-44)40(5)6)46-29-53-50-33-60-56(72(80)76(15)22-20-75(60,14)21-23-76)36-63(50)78-61-34-52-55-28-45(65-42(8)24-41(7)25-43(65)9)31-57-67-64(79(71(55)57)62(52)35-51(61)54(30-46)70(53)78)32-47(37-77)68-69(67)74(12,13)59-19-17-16-18-58(59)73(68,10)11/h16-19,24-36,38-40H,20-23H2,1-15H3. The summed E-state index contributed by atoms with van der Waals surface area (Å²) in [5.74, 6) is 1.35. The number of carbonyl (C=O) groups excluding carboxylic acids is 1. The van der Waals surface area contributed by atoms with Gasteiger partial charge in [0.25, 0.3) is 0 Å². The van der Waals surface area contributed by atoms with Gasteiger partial charge in [0.15, 0.2) is 5.78 Å². The number of rotatable bonds is 5. The van der Waals surface area contributed by atoms with Crippen LogP contribution in [0.4, 0.5) is 0 Å². The van der Waals surface area contributed by atoms with Gasteiger partial charge in [0, 0.05) is 64.9 Å². The first-order chi connectivity index (χ1) is 38.0. The highest BCUT2D eigenvalue weighted by molar-refractivity contribution is 6.31. The Morgan fingerprint density at radius 1 is 0.487 bits per heavy atom. The van der Waals surface area contributed by atoms with Gasteiger partial charge in [-0.3, -0.25) is 4.79 Å². The number of benzene rings is 8. The van der Waals surface area contributed by atoms with Crippen LogP contribution in [0.5, 0.6) is 0 Å². The molecule has 0 aliphatic heterocycles. The second kappa shape index (κ2) is 15.9. The average molecular weight is 1040 g/mol. The lowest BCUT2D eigenvalue weighted by molar-refractivity contribution is 0.0732. The Morgan fingerprint density at radius 3 is 1.50 bits per heavy atom. The number of nitriles is 1. The molecule has 0 saturated heterocycles. The van der Waals surface area contributed by atoms with Crippen LogP contribution < -0.4 is 0 Å². The van der Waals surface area contributed by atoms with Crippen molar-refractivity contribution in [3.63, 3.8) is 0 Å². The van der Waals surface area contributed by atoms with Gasteiger partial charge >= 0.3 is 0 Å². The van der Waals surface area contributed by atoms with Gasteiger partial charge in [-0.05, 0) is 202 Å². The van der Waals surface area contributed by atoms with E-state index in [1.165, 1.54) is 132 Å². The Balaban J connectivity index is 1.15. The number of fused-ring (bicyclic) bond motifs is 17. The molecule has 0 spiro atoms. The van der Waals surface area contributed by atoms with Crippen molar-refractivity contribution in [2.75, 3.05) is 0 Å². The highest BCUT2D eigenvalue weighted by Gasteiger charge is 2.49. The molecule has 1 saturated carbocycles. The summed E-state index contributed by atoms with van der Waals surface area (Å²) in [7, 11) is 0. The monoisotopic (exact) mass is 1040 g/mol. The number of nitrogens with zero attached hydrogens (tertiary/aromatic N) is 3. The summed E-state index contributed by atoms with van der Waals surface area (Å²) in [5.41, 5.74) is 26.7. The van der Waals surface area contributed by atoms with Crippen molar-refractivity contribution in [1.82, 2.24) is 8.80 Å². The molecule has 4 nitrogen and oxygen atoms in total. The summed E-state index contributed by atoms with van der Waals surface area (Å²) < 4.78 is 5.09. The van der Waals surface area contributed by atoms with Crippen LogP contribution in [0.25, 0.3) is 98.4 Å².